The summed E-state index contributed by atoms with van der Waals surface area (Å²) < 4.78 is 12.4. The molecular weight excluding hydrogens is 516 g/mol. The number of amides is 1. The zero-order valence-corrected chi connectivity index (χ0v) is 21.2. The SMILES string of the molecule is CCOc1cc(/C=C(\C#N)C(=O)Nc2ccc(CC)cc2)c(Br)cc1OCc1ccccc1Cl. The first-order valence-corrected chi connectivity index (χ1v) is 12.0. The van der Waals surface area contributed by atoms with Gasteiger partial charge in [0, 0.05) is 20.7 Å². The molecule has 0 saturated heterocycles. The number of hydrogen-bond acceptors (Lipinski definition) is 4. The third-order valence-electron chi connectivity index (χ3n) is 4.99. The molecule has 0 aliphatic rings. The molecule has 0 aromatic heterocycles. The Morgan fingerprint density at radius 2 is 1.79 bits per heavy atom. The molecule has 5 nitrogen and oxygen atoms in total. The number of nitriles is 1. The number of rotatable bonds is 9. The van der Waals surface area contributed by atoms with Crippen LogP contribution in [0.25, 0.3) is 6.08 Å². The minimum absolute atomic E-state index is 0.0348. The van der Waals surface area contributed by atoms with Crippen molar-refractivity contribution in [3.63, 3.8) is 0 Å². The fourth-order valence-corrected chi connectivity index (χ4v) is 3.77. The van der Waals surface area contributed by atoms with Crippen LogP contribution in [0.2, 0.25) is 5.02 Å². The number of aryl methyl sites for hydroxylation is 1. The van der Waals surface area contributed by atoms with Gasteiger partial charge in [0.2, 0.25) is 0 Å². The van der Waals surface area contributed by atoms with E-state index in [0.29, 0.717) is 38.9 Å². The van der Waals surface area contributed by atoms with Crippen LogP contribution in [0.4, 0.5) is 5.69 Å². The summed E-state index contributed by atoms with van der Waals surface area (Å²) >= 11 is 9.74. The predicted octanol–water partition coefficient (Wildman–Crippen LogP) is 7.19. The molecule has 0 heterocycles. The normalized spacial score (nSPS) is 11.0. The number of carbonyl (C=O) groups is 1. The summed E-state index contributed by atoms with van der Waals surface area (Å²) in [6.45, 7) is 4.62. The molecule has 3 aromatic carbocycles. The lowest BCUT2D eigenvalue weighted by molar-refractivity contribution is -0.112. The third-order valence-corrected chi connectivity index (χ3v) is 6.04. The van der Waals surface area contributed by atoms with E-state index >= 15 is 0 Å². The number of carbonyl (C=O) groups excluding carboxylic acids is 1. The summed E-state index contributed by atoms with van der Waals surface area (Å²) in [5.74, 6) is 0.525. The molecule has 3 aromatic rings. The van der Waals surface area contributed by atoms with E-state index in [1.165, 1.54) is 11.6 Å². The smallest absolute Gasteiger partial charge is 0.266 e. The van der Waals surface area contributed by atoms with Crippen LogP contribution in [0.15, 0.2) is 70.7 Å². The van der Waals surface area contributed by atoms with E-state index in [1.807, 2.05) is 55.5 Å². The van der Waals surface area contributed by atoms with E-state index in [0.717, 1.165) is 12.0 Å². The van der Waals surface area contributed by atoms with Crippen molar-refractivity contribution in [2.24, 2.45) is 0 Å². The highest BCUT2D eigenvalue weighted by Gasteiger charge is 2.15. The van der Waals surface area contributed by atoms with Crippen molar-refractivity contribution in [3.05, 3.63) is 92.4 Å². The molecule has 0 aliphatic heterocycles. The molecule has 7 heteroatoms. The number of halogens is 2. The Morgan fingerprint density at radius 3 is 2.44 bits per heavy atom. The average Bonchev–Trinajstić information content (AvgIpc) is 2.84. The summed E-state index contributed by atoms with van der Waals surface area (Å²) in [5, 5.41) is 13.0. The van der Waals surface area contributed by atoms with Gasteiger partial charge in [-0.3, -0.25) is 4.79 Å². The molecule has 1 N–H and O–H groups in total. The van der Waals surface area contributed by atoms with Gasteiger partial charge in [-0.2, -0.15) is 5.26 Å². The van der Waals surface area contributed by atoms with E-state index in [9.17, 15) is 10.1 Å². The highest BCUT2D eigenvalue weighted by atomic mass is 79.9. The molecule has 0 fully saturated rings. The first-order chi connectivity index (χ1) is 16.4. The molecule has 0 saturated carbocycles. The quantitative estimate of drug-likeness (QED) is 0.231. The van der Waals surface area contributed by atoms with Gasteiger partial charge in [-0.15, -0.1) is 0 Å². The summed E-state index contributed by atoms with van der Waals surface area (Å²) in [7, 11) is 0. The highest BCUT2D eigenvalue weighted by molar-refractivity contribution is 9.10. The number of nitrogens with zero attached hydrogens (tertiary/aromatic N) is 1. The molecule has 34 heavy (non-hydrogen) atoms. The number of benzene rings is 3. The minimum Gasteiger partial charge on any atom is -0.490 e. The molecule has 0 unspecified atom stereocenters. The molecule has 174 valence electrons. The summed E-state index contributed by atoms with van der Waals surface area (Å²) in [4.78, 5) is 12.7. The fourth-order valence-electron chi connectivity index (χ4n) is 3.14. The maximum Gasteiger partial charge on any atom is 0.266 e. The van der Waals surface area contributed by atoms with Gasteiger partial charge in [-0.25, -0.2) is 0 Å². The van der Waals surface area contributed by atoms with Gasteiger partial charge in [0.1, 0.15) is 18.2 Å². The van der Waals surface area contributed by atoms with Crippen LogP contribution in [0.3, 0.4) is 0 Å². The van der Waals surface area contributed by atoms with Crippen molar-refractivity contribution in [2.45, 2.75) is 26.9 Å². The van der Waals surface area contributed by atoms with Crippen molar-refractivity contribution >= 4 is 45.2 Å². The van der Waals surface area contributed by atoms with E-state index in [1.54, 1.807) is 18.2 Å². The van der Waals surface area contributed by atoms with Crippen LogP contribution in [-0.4, -0.2) is 12.5 Å². The first-order valence-electron chi connectivity index (χ1n) is 10.8. The number of hydrogen-bond donors (Lipinski definition) is 1. The predicted molar refractivity (Wildman–Crippen MR) is 139 cm³/mol. The van der Waals surface area contributed by atoms with Crippen molar-refractivity contribution in [1.29, 1.82) is 5.26 Å². The van der Waals surface area contributed by atoms with Gasteiger partial charge in [-0.1, -0.05) is 64.8 Å². The standard InChI is InChI=1S/C27H24BrClN2O3/c1-3-18-9-11-22(12-10-18)31-27(32)21(16-30)13-20-14-25(33-4-2)26(15-23(20)28)34-17-19-7-5-6-8-24(19)29/h5-15H,3-4,17H2,1-2H3,(H,31,32)/b21-13+. The van der Waals surface area contributed by atoms with E-state index < -0.39 is 5.91 Å². The second kappa shape index (κ2) is 12.3. The van der Waals surface area contributed by atoms with Crippen LogP contribution < -0.4 is 14.8 Å². The molecule has 0 atom stereocenters. The zero-order valence-electron chi connectivity index (χ0n) is 18.9. The molecule has 0 spiro atoms. The lowest BCUT2D eigenvalue weighted by Crippen LogP contribution is -2.13. The third kappa shape index (κ3) is 6.63. The lowest BCUT2D eigenvalue weighted by Gasteiger charge is -2.15. The topological polar surface area (TPSA) is 71.3 Å². The molecule has 3 rings (SSSR count). The summed E-state index contributed by atoms with van der Waals surface area (Å²) in [5.41, 5.74) is 3.22. The van der Waals surface area contributed by atoms with E-state index in [4.69, 9.17) is 21.1 Å². The Morgan fingerprint density at radius 1 is 1.09 bits per heavy atom. The van der Waals surface area contributed by atoms with Gasteiger partial charge < -0.3 is 14.8 Å². The van der Waals surface area contributed by atoms with Crippen LogP contribution in [-0.2, 0) is 17.8 Å². The van der Waals surface area contributed by atoms with E-state index in [2.05, 4.69) is 28.2 Å². The van der Waals surface area contributed by atoms with Crippen molar-refractivity contribution in [2.75, 3.05) is 11.9 Å². The minimum atomic E-state index is -0.490. The Hall–Kier alpha value is -3.27. The first kappa shape index (κ1) is 25.4. The maximum absolute atomic E-state index is 12.7. The molecule has 0 bridgehead atoms. The summed E-state index contributed by atoms with van der Waals surface area (Å²) in [6, 6.07) is 20.4. The van der Waals surface area contributed by atoms with Crippen LogP contribution in [0.1, 0.15) is 30.5 Å². The second-order valence-corrected chi connectivity index (χ2v) is 8.57. The molecule has 0 radical (unpaired) electrons. The van der Waals surface area contributed by atoms with Crippen LogP contribution in [0.5, 0.6) is 11.5 Å². The Balaban J connectivity index is 1.83. The van der Waals surface area contributed by atoms with Gasteiger partial charge in [0.15, 0.2) is 11.5 Å². The largest absolute Gasteiger partial charge is 0.490 e. The Kier molecular flexibility index (Phi) is 9.15. The Bertz CT molecular complexity index is 1230. The number of nitrogens with one attached hydrogen (secondary N) is 1. The van der Waals surface area contributed by atoms with Crippen LogP contribution >= 0.6 is 27.5 Å². The van der Waals surface area contributed by atoms with Gasteiger partial charge in [0.25, 0.3) is 5.91 Å². The van der Waals surface area contributed by atoms with Crippen molar-refractivity contribution in [3.8, 4) is 17.6 Å². The Labute approximate surface area is 213 Å². The maximum atomic E-state index is 12.7. The molecule has 1 amide bonds. The van der Waals surface area contributed by atoms with Crippen LogP contribution in [0, 0.1) is 11.3 Å². The van der Waals surface area contributed by atoms with E-state index in [-0.39, 0.29) is 12.2 Å². The zero-order chi connectivity index (χ0) is 24.5. The lowest BCUT2D eigenvalue weighted by atomic mass is 10.1. The van der Waals surface area contributed by atoms with Gasteiger partial charge >= 0.3 is 0 Å². The number of anilines is 1. The fraction of sp³-hybridized carbons (Fsp3) is 0.185. The van der Waals surface area contributed by atoms with Crippen molar-refractivity contribution in [1.82, 2.24) is 0 Å². The molecular formula is C27H24BrClN2O3. The number of ether oxygens (including phenoxy) is 2. The monoisotopic (exact) mass is 538 g/mol. The van der Waals surface area contributed by atoms with Crippen molar-refractivity contribution < 1.29 is 14.3 Å². The second-order valence-electron chi connectivity index (χ2n) is 7.31. The average molecular weight is 540 g/mol. The summed E-state index contributed by atoms with van der Waals surface area (Å²) in [6.07, 6.45) is 2.42. The highest BCUT2D eigenvalue weighted by Crippen LogP contribution is 2.36. The van der Waals surface area contributed by atoms with Gasteiger partial charge in [-0.05, 0) is 60.9 Å². The van der Waals surface area contributed by atoms with Gasteiger partial charge in [0.05, 0.1) is 6.61 Å². The molecule has 0 aliphatic carbocycles.